The third kappa shape index (κ3) is 2.02. The zero-order chi connectivity index (χ0) is 10.6. The van der Waals surface area contributed by atoms with Crippen molar-refractivity contribution in [2.75, 3.05) is 14.2 Å². The van der Waals surface area contributed by atoms with Crippen LogP contribution in [0.15, 0.2) is 6.20 Å². The first-order valence-electron chi connectivity index (χ1n) is 4.35. The average Bonchev–Trinajstić information content (AvgIpc) is 2.21. The quantitative estimate of drug-likeness (QED) is 0.783. The van der Waals surface area contributed by atoms with Crippen LogP contribution >= 0.6 is 0 Å². The number of aliphatic hydroxyl groups is 1. The molecule has 0 bridgehead atoms. The maximum Gasteiger partial charge on any atom is 0.130 e. The first-order chi connectivity index (χ1) is 6.74. The molecule has 0 fully saturated rings. The van der Waals surface area contributed by atoms with Crippen LogP contribution in [-0.2, 0) is 18.0 Å². The van der Waals surface area contributed by atoms with Gasteiger partial charge in [-0.05, 0) is 6.92 Å². The average molecular weight is 197 g/mol. The molecule has 0 aliphatic heterocycles. The summed E-state index contributed by atoms with van der Waals surface area (Å²) in [6.07, 6.45) is 1.61. The van der Waals surface area contributed by atoms with E-state index in [1.165, 1.54) is 0 Å². The van der Waals surface area contributed by atoms with E-state index in [1.54, 1.807) is 20.4 Å². The number of ether oxygens (including phenoxy) is 2. The first kappa shape index (κ1) is 10.9. The van der Waals surface area contributed by atoms with Crippen molar-refractivity contribution in [2.45, 2.75) is 20.1 Å². The molecule has 0 unspecified atom stereocenters. The van der Waals surface area contributed by atoms with Crippen LogP contribution in [0.5, 0.6) is 5.75 Å². The number of aromatic nitrogens is 1. The van der Waals surface area contributed by atoms with Crippen molar-refractivity contribution in [3.8, 4) is 5.75 Å². The van der Waals surface area contributed by atoms with E-state index in [-0.39, 0.29) is 6.61 Å². The van der Waals surface area contributed by atoms with Gasteiger partial charge in [0.05, 0.1) is 26.0 Å². The Hall–Kier alpha value is -1.13. The lowest BCUT2D eigenvalue weighted by Crippen LogP contribution is -2.02. The largest absolute Gasteiger partial charge is 0.496 e. The van der Waals surface area contributed by atoms with Gasteiger partial charge in [0.25, 0.3) is 0 Å². The lowest BCUT2D eigenvalue weighted by Gasteiger charge is -2.12. The van der Waals surface area contributed by atoms with Gasteiger partial charge < -0.3 is 14.6 Å². The summed E-state index contributed by atoms with van der Waals surface area (Å²) in [5.74, 6) is 0.689. The highest BCUT2D eigenvalue weighted by molar-refractivity contribution is 5.41. The Bertz CT molecular complexity index is 312. The van der Waals surface area contributed by atoms with Crippen molar-refractivity contribution in [3.63, 3.8) is 0 Å². The third-order valence-electron chi connectivity index (χ3n) is 2.10. The summed E-state index contributed by atoms with van der Waals surface area (Å²) in [5.41, 5.74) is 2.45. The fourth-order valence-electron chi connectivity index (χ4n) is 1.36. The predicted octanol–water partition coefficient (Wildman–Crippen LogP) is 1.04. The van der Waals surface area contributed by atoms with Crippen LogP contribution in [0.2, 0.25) is 0 Å². The van der Waals surface area contributed by atoms with Crippen LogP contribution in [0.1, 0.15) is 16.8 Å². The summed E-state index contributed by atoms with van der Waals surface area (Å²) in [4.78, 5) is 4.18. The standard InChI is InChI=1S/C10H15NO3/c1-7-9(6-13-2)11-4-8(5-12)10(7)14-3/h4,12H,5-6H2,1-3H3. The lowest BCUT2D eigenvalue weighted by atomic mass is 10.1. The molecule has 0 aliphatic carbocycles. The number of nitrogens with zero attached hydrogens (tertiary/aromatic N) is 1. The molecule has 1 aromatic rings. The van der Waals surface area contributed by atoms with Gasteiger partial charge in [-0.3, -0.25) is 4.98 Å². The van der Waals surface area contributed by atoms with Gasteiger partial charge in [0.15, 0.2) is 0 Å². The van der Waals surface area contributed by atoms with E-state index in [0.29, 0.717) is 17.9 Å². The summed E-state index contributed by atoms with van der Waals surface area (Å²) in [6.45, 7) is 2.29. The molecule has 4 heteroatoms. The van der Waals surface area contributed by atoms with Crippen LogP contribution in [-0.4, -0.2) is 24.3 Å². The van der Waals surface area contributed by atoms with Gasteiger partial charge in [-0.15, -0.1) is 0 Å². The first-order valence-corrected chi connectivity index (χ1v) is 4.35. The van der Waals surface area contributed by atoms with Crippen molar-refractivity contribution < 1.29 is 14.6 Å². The zero-order valence-corrected chi connectivity index (χ0v) is 8.70. The minimum absolute atomic E-state index is 0.0652. The number of pyridine rings is 1. The van der Waals surface area contributed by atoms with Gasteiger partial charge in [-0.25, -0.2) is 0 Å². The Morgan fingerprint density at radius 3 is 2.64 bits per heavy atom. The highest BCUT2D eigenvalue weighted by Gasteiger charge is 2.10. The van der Waals surface area contributed by atoms with Gasteiger partial charge in [0.2, 0.25) is 0 Å². The van der Waals surface area contributed by atoms with Gasteiger partial charge in [-0.2, -0.15) is 0 Å². The second-order valence-electron chi connectivity index (χ2n) is 2.98. The third-order valence-corrected chi connectivity index (χ3v) is 2.10. The molecule has 1 heterocycles. The molecule has 0 aromatic carbocycles. The summed E-state index contributed by atoms with van der Waals surface area (Å²) in [6, 6.07) is 0. The fraction of sp³-hybridized carbons (Fsp3) is 0.500. The summed E-state index contributed by atoms with van der Waals surface area (Å²) < 4.78 is 10.2. The molecule has 4 nitrogen and oxygen atoms in total. The van der Waals surface area contributed by atoms with E-state index in [4.69, 9.17) is 14.6 Å². The smallest absolute Gasteiger partial charge is 0.130 e. The Kier molecular flexibility index (Phi) is 3.85. The molecule has 0 atom stereocenters. The van der Waals surface area contributed by atoms with E-state index in [2.05, 4.69) is 4.98 Å². The highest BCUT2D eigenvalue weighted by Crippen LogP contribution is 2.24. The van der Waals surface area contributed by atoms with Crippen LogP contribution in [0.25, 0.3) is 0 Å². The number of methoxy groups -OCH3 is 2. The number of rotatable bonds is 4. The topological polar surface area (TPSA) is 51.6 Å². The van der Waals surface area contributed by atoms with Gasteiger partial charge >= 0.3 is 0 Å². The zero-order valence-electron chi connectivity index (χ0n) is 8.70. The molecule has 0 saturated carbocycles. The molecule has 0 amide bonds. The highest BCUT2D eigenvalue weighted by atomic mass is 16.5. The second kappa shape index (κ2) is 4.93. The minimum Gasteiger partial charge on any atom is -0.496 e. The number of hydrogen-bond acceptors (Lipinski definition) is 4. The number of hydrogen-bond donors (Lipinski definition) is 1. The van der Waals surface area contributed by atoms with Crippen molar-refractivity contribution >= 4 is 0 Å². The monoisotopic (exact) mass is 197 g/mol. The van der Waals surface area contributed by atoms with E-state index in [0.717, 1.165) is 11.3 Å². The Balaban J connectivity index is 3.13. The van der Waals surface area contributed by atoms with Crippen molar-refractivity contribution in [3.05, 3.63) is 23.0 Å². The van der Waals surface area contributed by atoms with Crippen molar-refractivity contribution in [1.82, 2.24) is 4.98 Å². The summed E-state index contributed by atoms with van der Waals surface area (Å²) >= 11 is 0. The van der Waals surface area contributed by atoms with Crippen LogP contribution in [0.4, 0.5) is 0 Å². The Morgan fingerprint density at radius 1 is 1.43 bits per heavy atom. The molecule has 0 aliphatic rings. The molecule has 0 spiro atoms. The molecule has 14 heavy (non-hydrogen) atoms. The number of aliphatic hydroxyl groups excluding tert-OH is 1. The Morgan fingerprint density at radius 2 is 2.14 bits per heavy atom. The fourth-order valence-corrected chi connectivity index (χ4v) is 1.36. The maximum atomic E-state index is 9.04. The molecular formula is C10H15NO3. The maximum absolute atomic E-state index is 9.04. The lowest BCUT2D eigenvalue weighted by molar-refractivity contribution is 0.180. The molecule has 1 rings (SSSR count). The van der Waals surface area contributed by atoms with E-state index >= 15 is 0 Å². The Labute approximate surface area is 83.5 Å². The molecular weight excluding hydrogens is 182 g/mol. The van der Waals surface area contributed by atoms with E-state index < -0.39 is 0 Å². The second-order valence-corrected chi connectivity index (χ2v) is 2.98. The molecule has 1 N–H and O–H groups in total. The SMILES string of the molecule is COCc1ncc(CO)c(OC)c1C. The van der Waals surface area contributed by atoms with Crippen LogP contribution in [0.3, 0.4) is 0 Å². The van der Waals surface area contributed by atoms with E-state index in [9.17, 15) is 0 Å². The normalized spacial score (nSPS) is 10.3. The minimum atomic E-state index is -0.0652. The van der Waals surface area contributed by atoms with E-state index in [1.807, 2.05) is 6.92 Å². The summed E-state index contributed by atoms with van der Waals surface area (Å²) in [5, 5.41) is 9.04. The van der Waals surface area contributed by atoms with Crippen molar-refractivity contribution in [1.29, 1.82) is 0 Å². The van der Waals surface area contributed by atoms with Gasteiger partial charge in [-0.1, -0.05) is 0 Å². The summed E-state index contributed by atoms with van der Waals surface area (Å²) in [7, 11) is 3.20. The molecule has 0 saturated heterocycles. The van der Waals surface area contributed by atoms with Crippen LogP contribution in [0, 0.1) is 6.92 Å². The van der Waals surface area contributed by atoms with Crippen molar-refractivity contribution in [2.24, 2.45) is 0 Å². The van der Waals surface area contributed by atoms with Gasteiger partial charge in [0, 0.05) is 24.4 Å². The van der Waals surface area contributed by atoms with Crippen LogP contribution < -0.4 is 4.74 Å². The molecule has 1 aromatic heterocycles. The predicted molar refractivity (Wildman–Crippen MR) is 52.2 cm³/mol. The molecule has 0 radical (unpaired) electrons. The molecule has 78 valence electrons. The van der Waals surface area contributed by atoms with Gasteiger partial charge in [0.1, 0.15) is 5.75 Å².